The highest BCUT2D eigenvalue weighted by Gasteiger charge is 2.42. The van der Waals surface area contributed by atoms with E-state index in [-0.39, 0.29) is 23.2 Å². The van der Waals surface area contributed by atoms with Gasteiger partial charge in [-0.25, -0.2) is 14.4 Å². The second-order valence-corrected chi connectivity index (χ2v) is 15.5. The molecular weight excluding hydrogens is 628 g/mol. The van der Waals surface area contributed by atoms with E-state index in [9.17, 15) is 19.5 Å². The van der Waals surface area contributed by atoms with Crippen molar-refractivity contribution < 1.29 is 29.0 Å². The largest absolute Gasteiger partial charge is 0.478 e. The number of benzene rings is 3. The maximum absolute atomic E-state index is 12.1. The zero-order valence-corrected chi connectivity index (χ0v) is 30.8. The van der Waals surface area contributed by atoms with Gasteiger partial charge in [0.2, 0.25) is 0 Å². The van der Waals surface area contributed by atoms with Gasteiger partial charge in [-0.2, -0.15) is 0 Å². The summed E-state index contributed by atoms with van der Waals surface area (Å²) < 4.78 is 10.7. The molecule has 8 heteroatoms. The van der Waals surface area contributed by atoms with Gasteiger partial charge in [-0.05, 0) is 119 Å². The highest BCUT2D eigenvalue weighted by molar-refractivity contribution is 5.89. The Balaban J connectivity index is 1.48. The SMILES string of the molecule is CC(C)(C)OC(=O)NCCCCCCC1(CCCCCCNC(=O)OC(C)(C)C)c2ccccc2-c2ccc(-c3ccc(C(=O)O)cc3)cc21. The van der Waals surface area contributed by atoms with Crippen LogP contribution in [0.3, 0.4) is 0 Å². The molecule has 0 aromatic heterocycles. The van der Waals surface area contributed by atoms with Gasteiger partial charge in [0, 0.05) is 18.5 Å². The van der Waals surface area contributed by atoms with Gasteiger partial charge in [-0.1, -0.05) is 87.1 Å². The standard InChI is InChI=1S/C42H56N2O6/c1-40(2,3)49-38(47)43-27-15-9-7-13-25-42(26-14-8-10-16-28-44-39(48)50-41(4,5)6)35-18-12-11-17-33(35)34-24-23-32(29-36(34)42)30-19-21-31(22-20-30)37(45)46/h11-12,17-24,29H,7-10,13-16,25-28H2,1-6H3,(H,43,47)(H,44,48)(H,45,46). The fraction of sp³-hybridized carbons (Fsp3) is 0.500. The first-order valence-electron chi connectivity index (χ1n) is 18.2. The number of carboxylic acids is 1. The molecule has 0 saturated heterocycles. The van der Waals surface area contributed by atoms with Crippen LogP contribution in [0.15, 0.2) is 66.7 Å². The molecule has 0 radical (unpaired) electrons. The summed E-state index contributed by atoms with van der Waals surface area (Å²) in [5.41, 5.74) is 6.48. The third-order valence-corrected chi connectivity index (χ3v) is 9.13. The quantitative estimate of drug-likeness (QED) is 0.129. The van der Waals surface area contributed by atoms with Crippen LogP contribution in [0.5, 0.6) is 0 Å². The molecule has 0 bridgehead atoms. The third-order valence-electron chi connectivity index (χ3n) is 9.13. The van der Waals surface area contributed by atoms with Crippen molar-refractivity contribution in [2.45, 2.75) is 122 Å². The third kappa shape index (κ3) is 10.8. The number of carbonyl (C=O) groups is 3. The molecule has 2 amide bonds. The number of amides is 2. The van der Waals surface area contributed by atoms with E-state index in [1.54, 1.807) is 12.1 Å². The predicted octanol–water partition coefficient (Wildman–Crippen LogP) is 10.3. The smallest absolute Gasteiger partial charge is 0.407 e. The number of rotatable bonds is 16. The molecule has 1 aliphatic rings. The Morgan fingerprint density at radius 3 is 1.60 bits per heavy atom. The van der Waals surface area contributed by atoms with Crippen LogP contribution in [-0.2, 0) is 14.9 Å². The summed E-state index contributed by atoms with van der Waals surface area (Å²) in [4.78, 5) is 35.6. The average molecular weight is 685 g/mol. The Labute approximate surface area is 298 Å². The summed E-state index contributed by atoms with van der Waals surface area (Å²) in [5.74, 6) is -0.929. The predicted molar refractivity (Wildman–Crippen MR) is 200 cm³/mol. The van der Waals surface area contributed by atoms with E-state index in [0.29, 0.717) is 13.1 Å². The lowest BCUT2D eigenvalue weighted by Crippen LogP contribution is -2.33. The first-order chi connectivity index (χ1) is 23.7. The number of aromatic carboxylic acids is 1. The summed E-state index contributed by atoms with van der Waals surface area (Å²) in [6.45, 7) is 12.4. The van der Waals surface area contributed by atoms with Crippen molar-refractivity contribution in [3.8, 4) is 22.3 Å². The number of hydrogen-bond acceptors (Lipinski definition) is 5. The molecule has 0 saturated carbocycles. The van der Waals surface area contributed by atoms with E-state index in [0.717, 1.165) is 75.3 Å². The Kier molecular flexibility index (Phi) is 13.1. The number of ether oxygens (including phenoxy) is 2. The van der Waals surface area contributed by atoms with Crippen molar-refractivity contribution in [1.29, 1.82) is 0 Å². The second-order valence-electron chi connectivity index (χ2n) is 15.5. The normalized spacial score (nSPS) is 13.2. The Hall–Kier alpha value is -4.33. The summed E-state index contributed by atoms with van der Waals surface area (Å²) >= 11 is 0. The van der Waals surface area contributed by atoms with Gasteiger partial charge >= 0.3 is 18.2 Å². The fourth-order valence-electron chi connectivity index (χ4n) is 6.92. The number of carbonyl (C=O) groups excluding carboxylic acids is 2. The first-order valence-corrected chi connectivity index (χ1v) is 18.2. The molecule has 3 aromatic carbocycles. The van der Waals surface area contributed by atoms with Crippen molar-refractivity contribution >= 4 is 18.2 Å². The van der Waals surface area contributed by atoms with Gasteiger partial charge in [0.05, 0.1) is 5.56 Å². The summed E-state index contributed by atoms with van der Waals surface area (Å²) in [6.07, 6.45) is 9.33. The summed E-state index contributed by atoms with van der Waals surface area (Å²) in [6, 6.07) is 22.6. The maximum Gasteiger partial charge on any atom is 0.407 e. The van der Waals surface area contributed by atoms with Crippen molar-refractivity contribution in [1.82, 2.24) is 10.6 Å². The number of fused-ring (bicyclic) bond motifs is 3. The van der Waals surface area contributed by atoms with Gasteiger partial charge < -0.3 is 25.2 Å². The topological polar surface area (TPSA) is 114 Å². The average Bonchev–Trinajstić information content (AvgIpc) is 3.31. The minimum Gasteiger partial charge on any atom is -0.478 e. The van der Waals surface area contributed by atoms with Crippen molar-refractivity contribution in [3.05, 3.63) is 83.4 Å². The molecule has 3 aromatic rings. The Morgan fingerprint density at radius 1 is 0.600 bits per heavy atom. The van der Waals surface area contributed by atoms with E-state index >= 15 is 0 Å². The zero-order chi connectivity index (χ0) is 36.4. The lowest BCUT2D eigenvalue weighted by molar-refractivity contribution is 0.0515. The number of nitrogens with one attached hydrogen (secondary N) is 2. The molecule has 0 aliphatic heterocycles. The van der Waals surface area contributed by atoms with Crippen LogP contribution < -0.4 is 10.6 Å². The van der Waals surface area contributed by atoms with E-state index in [1.165, 1.54) is 22.3 Å². The lowest BCUT2D eigenvalue weighted by Gasteiger charge is -2.33. The van der Waals surface area contributed by atoms with Crippen molar-refractivity contribution in [2.75, 3.05) is 13.1 Å². The van der Waals surface area contributed by atoms with Gasteiger partial charge in [0.15, 0.2) is 0 Å². The molecule has 4 rings (SSSR count). The molecule has 0 spiro atoms. The van der Waals surface area contributed by atoms with Crippen LogP contribution in [0.1, 0.15) is 127 Å². The lowest BCUT2D eigenvalue weighted by atomic mass is 9.70. The van der Waals surface area contributed by atoms with E-state index in [2.05, 4.69) is 53.1 Å². The summed E-state index contributed by atoms with van der Waals surface area (Å²) in [5, 5.41) is 15.2. The first kappa shape index (κ1) is 38.5. The van der Waals surface area contributed by atoms with E-state index in [4.69, 9.17) is 9.47 Å². The number of alkyl carbamates (subject to hydrolysis) is 2. The Bertz CT molecular complexity index is 1560. The van der Waals surface area contributed by atoms with Gasteiger partial charge in [-0.15, -0.1) is 0 Å². The number of hydrogen-bond donors (Lipinski definition) is 3. The van der Waals surface area contributed by atoms with Crippen LogP contribution >= 0.6 is 0 Å². The molecule has 0 heterocycles. The molecule has 50 heavy (non-hydrogen) atoms. The molecular formula is C42H56N2O6. The molecule has 8 nitrogen and oxygen atoms in total. The van der Waals surface area contributed by atoms with Crippen LogP contribution in [-0.4, -0.2) is 47.6 Å². The van der Waals surface area contributed by atoms with Crippen LogP contribution in [0.2, 0.25) is 0 Å². The monoisotopic (exact) mass is 684 g/mol. The van der Waals surface area contributed by atoms with Crippen molar-refractivity contribution in [3.63, 3.8) is 0 Å². The Morgan fingerprint density at radius 2 is 1.08 bits per heavy atom. The van der Waals surface area contributed by atoms with Crippen LogP contribution in [0.4, 0.5) is 9.59 Å². The second kappa shape index (κ2) is 17.1. The molecule has 270 valence electrons. The van der Waals surface area contributed by atoms with E-state index < -0.39 is 17.2 Å². The summed E-state index contributed by atoms with van der Waals surface area (Å²) in [7, 11) is 0. The highest BCUT2D eigenvalue weighted by Crippen LogP contribution is 2.55. The number of carboxylic acid groups (broad SMARTS) is 1. The number of unbranched alkanes of at least 4 members (excludes halogenated alkanes) is 6. The molecule has 0 unspecified atom stereocenters. The minimum atomic E-state index is -0.929. The van der Waals surface area contributed by atoms with Gasteiger partial charge in [0.1, 0.15) is 11.2 Å². The maximum atomic E-state index is 12.1. The highest BCUT2D eigenvalue weighted by atomic mass is 16.6. The van der Waals surface area contributed by atoms with Gasteiger partial charge in [0.25, 0.3) is 0 Å². The minimum absolute atomic E-state index is 0.146. The molecule has 3 N–H and O–H groups in total. The van der Waals surface area contributed by atoms with Crippen LogP contribution in [0, 0.1) is 0 Å². The fourth-order valence-corrected chi connectivity index (χ4v) is 6.92. The van der Waals surface area contributed by atoms with Gasteiger partial charge in [-0.3, -0.25) is 0 Å². The van der Waals surface area contributed by atoms with E-state index in [1.807, 2.05) is 53.7 Å². The zero-order valence-electron chi connectivity index (χ0n) is 30.8. The molecule has 0 atom stereocenters. The molecule has 0 fully saturated rings. The molecule has 1 aliphatic carbocycles. The van der Waals surface area contributed by atoms with Crippen molar-refractivity contribution in [2.24, 2.45) is 0 Å². The van der Waals surface area contributed by atoms with Crippen LogP contribution in [0.25, 0.3) is 22.3 Å².